The summed E-state index contributed by atoms with van der Waals surface area (Å²) in [6.45, 7) is 0.788. The fourth-order valence-electron chi connectivity index (χ4n) is 6.58. The first kappa shape index (κ1) is 41.4. The molecule has 0 unspecified atom stereocenters. The molecule has 0 saturated carbocycles. The van der Waals surface area contributed by atoms with Crippen LogP contribution in [-0.2, 0) is 33.2 Å². The third kappa shape index (κ3) is 8.13. The van der Waals surface area contributed by atoms with Crippen molar-refractivity contribution >= 4 is 16.9 Å². The second-order valence-corrected chi connectivity index (χ2v) is 13.5. The number of phenols is 3. The molecular formula is C35H42O21. The summed E-state index contributed by atoms with van der Waals surface area (Å²) >= 11 is 0. The molecule has 3 aromatic rings. The molecule has 11 N–H and O–H groups in total. The molecule has 0 bridgehead atoms. The Bertz CT molecular complexity index is 1900. The number of aromatic hydroxyl groups is 3. The Labute approximate surface area is 315 Å². The second kappa shape index (κ2) is 16.7. The zero-order valence-electron chi connectivity index (χ0n) is 29.5. The summed E-state index contributed by atoms with van der Waals surface area (Å²) in [4.78, 5) is 26.5. The first-order chi connectivity index (χ1) is 26.5. The number of carbonyl (C=O) groups is 1. The van der Waals surface area contributed by atoms with E-state index in [1.54, 1.807) is 0 Å². The van der Waals surface area contributed by atoms with Gasteiger partial charge in [0, 0.05) is 24.6 Å². The Morgan fingerprint density at radius 2 is 1.38 bits per heavy atom. The predicted molar refractivity (Wildman–Crippen MR) is 181 cm³/mol. The molecule has 15 atom stereocenters. The molecule has 0 radical (unpaired) electrons. The van der Waals surface area contributed by atoms with E-state index < -0.39 is 139 Å². The number of carbonyl (C=O) groups excluding carboxylic acids is 1. The van der Waals surface area contributed by atoms with Gasteiger partial charge in [-0.3, -0.25) is 9.59 Å². The van der Waals surface area contributed by atoms with Gasteiger partial charge in [-0.2, -0.15) is 0 Å². The van der Waals surface area contributed by atoms with Crippen LogP contribution in [0.25, 0.3) is 22.3 Å². The average molecular weight is 799 g/mol. The first-order valence-electron chi connectivity index (χ1n) is 17.3. The fourth-order valence-corrected chi connectivity index (χ4v) is 6.58. The van der Waals surface area contributed by atoms with Crippen molar-refractivity contribution in [1.82, 2.24) is 0 Å². The summed E-state index contributed by atoms with van der Waals surface area (Å²) in [5, 5.41) is 114. The highest BCUT2D eigenvalue weighted by molar-refractivity contribution is 5.88. The zero-order valence-corrected chi connectivity index (χ0v) is 29.5. The Kier molecular flexibility index (Phi) is 12.4. The zero-order chi connectivity index (χ0) is 40.7. The van der Waals surface area contributed by atoms with Gasteiger partial charge < -0.3 is 93.7 Å². The van der Waals surface area contributed by atoms with Gasteiger partial charge in [0.05, 0.1) is 19.3 Å². The van der Waals surface area contributed by atoms with Gasteiger partial charge in [0.25, 0.3) is 0 Å². The number of aliphatic hydroxyl groups excluding tert-OH is 8. The molecule has 4 heterocycles. The van der Waals surface area contributed by atoms with E-state index in [-0.39, 0.29) is 22.7 Å². The molecule has 6 rings (SSSR count). The molecule has 21 heteroatoms. The highest BCUT2D eigenvalue weighted by Crippen LogP contribution is 2.39. The molecule has 3 fully saturated rings. The molecule has 3 aliphatic heterocycles. The third-order valence-electron chi connectivity index (χ3n) is 9.57. The highest BCUT2D eigenvalue weighted by Gasteiger charge is 2.54. The van der Waals surface area contributed by atoms with Crippen molar-refractivity contribution < 1.29 is 98.5 Å². The number of aliphatic hydroxyl groups is 8. The van der Waals surface area contributed by atoms with Gasteiger partial charge in [-0.05, 0) is 31.2 Å². The van der Waals surface area contributed by atoms with E-state index in [1.165, 1.54) is 31.2 Å². The van der Waals surface area contributed by atoms with Crippen LogP contribution in [0.1, 0.15) is 13.8 Å². The van der Waals surface area contributed by atoms with Gasteiger partial charge in [-0.1, -0.05) is 0 Å². The largest absolute Gasteiger partial charge is 0.508 e. The lowest BCUT2D eigenvalue weighted by molar-refractivity contribution is -0.360. The van der Waals surface area contributed by atoms with Crippen LogP contribution in [0.2, 0.25) is 0 Å². The number of hydrogen-bond donors (Lipinski definition) is 11. The molecule has 2 aromatic carbocycles. The lowest BCUT2D eigenvalue weighted by Gasteiger charge is -2.47. The average Bonchev–Trinajstić information content (AvgIpc) is 3.15. The van der Waals surface area contributed by atoms with Crippen molar-refractivity contribution in [3.05, 3.63) is 46.6 Å². The summed E-state index contributed by atoms with van der Waals surface area (Å²) < 4.78 is 46.0. The van der Waals surface area contributed by atoms with Crippen LogP contribution in [0, 0.1) is 0 Å². The Balaban J connectivity index is 1.43. The maximum atomic E-state index is 14.2. The number of hydrogen-bond acceptors (Lipinski definition) is 21. The first-order valence-corrected chi connectivity index (χ1v) is 17.3. The number of benzene rings is 2. The SMILES string of the molecule is CC(=O)O[C@H]1[C@H](O)[C@@H](O[C@@H]2O[C@@H](C)[C@H](O)[C@@H](O)[C@H]2O)[C@H](Oc2c(-c3ccc(O)cc3)oc3cc(O)cc(O)c3c2=O)O[C@@H]1CO[C@@H]1O[C@H](CO)[C@@H](O)[C@H](O)[C@H]1O. The van der Waals surface area contributed by atoms with E-state index in [9.17, 15) is 65.8 Å². The Morgan fingerprint density at radius 1 is 0.732 bits per heavy atom. The van der Waals surface area contributed by atoms with Crippen molar-refractivity contribution in [3.63, 3.8) is 0 Å². The minimum Gasteiger partial charge on any atom is -0.508 e. The van der Waals surface area contributed by atoms with Crippen LogP contribution in [0.3, 0.4) is 0 Å². The van der Waals surface area contributed by atoms with Crippen molar-refractivity contribution in [2.75, 3.05) is 13.2 Å². The van der Waals surface area contributed by atoms with Crippen molar-refractivity contribution in [3.8, 4) is 34.3 Å². The van der Waals surface area contributed by atoms with Crippen LogP contribution in [0.15, 0.2) is 45.6 Å². The van der Waals surface area contributed by atoms with Crippen LogP contribution >= 0.6 is 0 Å². The van der Waals surface area contributed by atoms with Crippen LogP contribution in [0.4, 0.5) is 0 Å². The van der Waals surface area contributed by atoms with Crippen LogP contribution in [0.5, 0.6) is 23.0 Å². The molecule has 3 aliphatic rings. The normalized spacial score (nSPS) is 36.3. The van der Waals surface area contributed by atoms with E-state index in [4.69, 9.17) is 37.6 Å². The maximum absolute atomic E-state index is 14.2. The topological polar surface area (TPSA) is 334 Å². The summed E-state index contributed by atoms with van der Waals surface area (Å²) in [6, 6.07) is 7.04. The second-order valence-electron chi connectivity index (χ2n) is 13.5. The lowest BCUT2D eigenvalue weighted by Crippen LogP contribution is -2.66. The molecule has 56 heavy (non-hydrogen) atoms. The summed E-state index contributed by atoms with van der Waals surface area (Å²) in [5.41, 5.74) is -1.26. The van der Waals surface area contributed by atoms with Crippen molar-refractivity contribution in [1.29, 1.82) is 0 Å². The number of fused-ring (bicyclic) bond motifs is 1. The molecule has 0 aliphatic carbocycles. The fraction of sp³-hybridized carbons (Fsp3) is 0.543. The molecule has 21 nitrogen and oxygen atoms in total. The van der Waals surface area contributed by atoms with Crippen molar-refractivity contribution in [2.45, 2.75) is 106 Å². The predicted octanol–water partition coefficient (Wildman–Crippen LogP) is -3.00. The van der Waals surface area contributed by atoms with Gasteiger partial charge in [0.2, 0.25) is 17.5 Å². The van der Waals surface area contributed by atoms with Gasteiger partial charge in [-0.15, -0.1) is 0 Å². The molecule has 0 spiro atoms. The van der Waals surface area contributed by atoms with Gasteiger partial charge >= 0.3 is 5.97 Å². The summed E-state index contributed by atoms with van der Waals surface area (Å²) in [6.07, 6.45) is -26.2. The van der Waals surface area contributed by atoms with E-state index >= 15 is 0 Å². The number of phenolic OH excluding ortho intramolecular Hbond substituents is 3. The van der Waals surface area contributed by atoms with Gasteiger partial charge in [-0.25, -0.2) is 0 Å². The smallest absolute Gasteiger partial charge is 0.303 e. The maximum Gasteiger partial charge on any atom is 0.303 e. The van der Waals surface area contributed by atoms with E-state index in [1.807, 2.05) is 0 Å². The summed E-state index contributed by atoms with van der Waals surface area (Å²) in [5.74, 6) is -3.40. The van der Waals surface area contributed by atoms with Crippen LogP contribution < -0.4 is 10.2 Å². The van der Waals surface area contributed by atoms with Crippen LogP contribution in [-0.4, -0.2) is 167 Å². The number of ether oxygens (including phenoxy) is 7. The standard InChI is InChI=1S/C35H42O21/c1-11-21(41)24(44)27(47)34(50-11)56-32-28(48)30(51-12(2)37)19(10-49-33-26(46)25(45)22(42)18(9-36)53-33)54-35(32)55-31-23(43)20-16(40)7-15(39)8-17(20)52-29(31)13-3-5-14(38)6-4-13/h3-8,11,18-19,21-22,24-28,30,32-36,38-42,44-48H,9-10H2,1-2H3/t11-,18+,19+,21-,22+,24+,25-,26+,27+,28-,30+,32+,33+,34-,35-/m0/s1. The minimum atomic E-state index is -2.04. The summed E-state index contributed by atoms with van der Waals surface area (Å²) in [7, 11) is 0. The third-order valence-corrected chi connectivity index (χ3v) is 9.57. The molecule has 308 valence electrons. The monoisotopic (exact) mass is 798 g/mol. The number of rotatable bonds is 10. The quantitative estimate of drug-likeness (QED) is 0.0911. The Morgan fingerprint density at radius 3 is 2.04 bits per heavy atom. The van der Waals surface area contributed by atoms with Gasteiger partial charge in [0.1, 0.15) is 83.2 Å². The van der Waals surface area contributed by atoms with E-state index in [2.05, 4.69) is 0 Å². The molecule has 1 aromatic heterocycles. The van der Waals surface area contributed by atoms with E-state index in [0.717, 1.165) is 19.1 Å². The number of esters is 1. The highest BCUT2D eigenvalue weighted by atomic mass is 16.8. The van der Waals surface area contributed by atoms with E-state index in [0.29, 0.717) is 0 Å². The molecule has 0 amide bonds. The van der Waals surface area contributed by atoms with Crippen molar-refractivity contribution in [2.24, 2.45) is 0 Å². The van der Waals surface area contributed by atoms with Gasteiger partial charge in [0.15, 0.2) is 30.5 Å². The lowest BCUT2D eigenvalue weighted by atomic mass is 9.97. The molecule has 3 saturated heterocycles. The Hall–Kier alpha value is -4.20. The minimum absolute atomic E-state index is 0.103. The molecular weight excluding hydrogens is 756 g/mol.